The molecule has 0 N–H and O–H groups in total. The highest BCUT2D eigenvalue weighted by Crippen LogP contribution is 2.35. The number of hydrogen-bond acceptors (Lipinski definition) is 5. The van der Waals surface area contributed by atoms with Crippen molar-refractivity contribution in [3.05, 3.63) is 56.1 Å². The highest BCUT2D eigenvalue weighted by Gasteiger charge is 2.45. The molecule has 32 heavy (non-hydrogen) atoms. The zero-order valence-corrected chi connectivity index (χ0v) is 16.3. The third-order valence-corrected chi connectivity index (χ3v) is 5.26. The average Bonchev–Trinajstić information content (AvgIpc) is 3.50. The van der Waals surface area contributed by atoms with Crippen LogP contribution in [0.15, 0.2) is 27.8 Å². The molecule has 2 fully saturated rings. The van der Waals surface area contributed by atoms with Crippen LogP contribution < -0.4 is 16.1 Å². The molecular formula is C19H13F4N5O4. The van der Waals surface area contributed by atoms with Gasteiger partial charge in [-0.05, 0) is 25.0 Å². The molecule has 0 atom stereocenters. The number of benzene rings is 1. The van der Waals surface area contributed by atoms with E-state index >= 15 is 0 Å². The van der Waals surface area contributed by atoms with E-state index in [1.54, 1.807) is 6.07 Å². The zero-order valence-electron chi connectivity index (χ0n) is 16.3. The predicted octanol–water partition coefficient (Wildman–Crippen LogP) is 1.50. The molecule has 4 rings (SSSR count). The van der Waals surface area contributed by atoms with Gasteiger partial charge in [-0.25, -0.2) is 23.4 Å². The summed E-state index contributed by atoms with van der Waals surface area (Å²) in [5.74, 6) is -1.98. The first-order valence-corrected chi connectivity index (χ1v) is 9.23. The average molecular weight is 451 g/mol. The second-order valence-corrected chi connectivity index (χ2v) is 7.35. The smallest absolute Gasteiger partial charge is 0.312 e. The van der Waals surface area contributed by atoms with Crippen LogP contribution in [0.2, 0.25) is 0 Å². The van der Waals surface area contributed by atoms with Crippen molar-refractivity contribution in [2.45, 2.75) is 25.1 Å². The molecule has 0 spiro atoms. The Balaban J connectivity index is 1.92. The van der Waals surface area contributed by atoms with E-state index in [9.17, 15) is 42.0 Å². The van der Waals surface area contributed by atoms with Crippen LogP contribution in [0.5, 0.6) is 0 Å². The topological polar surface area (TPSA) is 108 Å². The lowest BCUT2D eigenvalue weighted by molar-refractivity contribution is -0.144. The van der Waals surface area contributed by atoms with Crippen molar-refractivity contribution < 1.29 is 27.2 Å². The number of carbonyl (C=O) groups is 2. The number of nitrogens with zero attached hydrogens (tertiary/aromatic N) is 5. The molecule has 166 valence electrons. The molecule has 1 aromatic heterocycles. The second-order valence-electron chi connectivity index (χ2n) is 7.35. The summed E-state index contributed by atoms with van der Waals surface area (Å²) in [5.41, 5.74) is -6.13. The lowest BCUT2D eigenvalue weighted by Gasteiger charge is -2.19. The maximum atomic E-state index is 14.7. The Bertz CT molecular complexity index is 1330. The molecule has 1 saturated carbocycles. The fourth-order valence-corrected chi connectivity index (χ4v) is 3.54. The van der Waals surface area contributed by atoms with Gasteiger partial charge in [0.2, 0.25) is 0 Å². The fourth-order valence-electron chi connectivity index (χ4n) is 3.54. The van der Waals surface area contributed by atoms with Gasteiger partial charge in [0.15, 0.2) is 0 Å². The Morgan fingerprint density at radius 2 is 1.72 bits per heavy atom. The summed E-state index contributed by atoms with van der Waals surface area (Å²) in [7, 11) is 0.755. The van der Waals surface area contributed by atoms with E-state index in [4.69, 9.17) is 0 Å². The summed E-state index contributed by atoms with van der Waals surface area (Å²) in [6, 6.07) is 2.25. The third-order valence-electron chi connectivity index (χ3n) is 5.26. The molecule has 2 heterocycles. The van der Waals surface area contributed by atoms with Crippen molar-refractivity contribution in [1.82, 2.24) is 14.0 Å². The summed E-state index contributed by atoms with van der Waals surface area (Å²) in [4.78, 5) is 52.0. The van der Waals surface area contributed by atoms with E-state index in [2.05, 4.69) is 0 Å². The minimum absolute atomic E-state index is 0.125. The summed E-state index contributed by atoms with van der Waals surface area (Å²) in [6.45, 7) is -0.261. The van der Waals surface area contributed by atoms with Crippen LogP contribution in [0, 0.1) is 17.1 Å². The summed E-state index contributed by atoms with van der Waals surface area (Å²) in [5, 5.41) is 9.36. The molecule has 1 aliphatic heterocycles. The van der Waals surface area contributed by atoms with Crippen molar-refractivity contribution in [3.8, 4) is 11.8 Å². The molecule has 2 aliphatic rings. The van der Waals surface area contributed by atoms with Gasteiger partial charge in [-0.1, -0.05) is 0 Å². The van der Waals surface area contributed by atoms with Crippen LogP contribution in [0.4, 0.5) is 28.0 Å². The fraction of sp³-hybridized carbons (Fsp3) is 0.316. The summed E-state index contributed by atoms with van der Waals surface area (Å²) in [6.07, 6.45) is -3.62. The van der Waals surface area contributed by atoms with Crippen molar-refractivity contribution >= 4 is 17.6 Å². The number of urea groups is 1. The Morgan fingerprint density at radius 1 is 1.06 bits per heavy atom. The van der Waals surface area contributed by atoms with Gasteiger partial charge in [-0.2, -0.15) is 18.4 Å². The maximum Gasteiger partial charge on any atom is 0.431 e. The van der Waals surface area contributed by atoms with E-state index in [1.165, 1.54) is 4.90 Å². The first-order chi connectivity index (χ1) is 15.0. The van der Waals surface area contributed by atoms with Gasteiger partial charge in [-0.15, -0.1) is 0 Å². The van der Waals surface area contributed by atoms with Crippen LogP contribution in [0.1, 0.15) is 24.1 Å². The van der Waals surface area contributed by atoms with Crippen LogP contribution >= 0.6 is 0 Å². The first-order valence-electron chi connectivity index (χ1n) is 9.23. The number of imide groups is 1. The molecule has 3 amide bonds. The van der Waals surface area contributed by atoms with Crippen LogP contribution in [-0.2, 0) is 18.0 Å². The Hall–Kier alpha value is -3.95. The number of nitriles is 1. The van der Waals surface area contributed by atoms with E-state index in [0.717, 1.165) is 13.1 Å². The standard InChI is InChI=1S/C19H13F4N5O4/c1-25-14(19(21,22)23)6-15(29)28(17(25)31)13-5-12(9(7-24)4-11(13)20)27-16(30)8-26(18(27)32)10-2-3-10/h4-6,10H,2-3,8H2,1H3. The third kappa shape index (κ3) is 3.24. The predicted molar refractivity (Wildman–Crippen MR) is 99.6 cm³/mol. The van der Waals surface area contributed by atoms with Crippen LogP contribution in [-0.4, -0.2) is 38.6 Å². The van der Waals surface area contributed by atoms with Gasteiger partial charge >= 0.3 is 17.9 Å². The van der Waals surface area contributed by atoms with Crippen molar-refractivity contribution in [1.29, 1.82) is 5.26 Å². The van der Waals surface area contributed by atoms with Crippen LogP contribution in [0.25, 0.3) is 5.69 Å². The maximum absolute atomic E-state index is 14.7. The number of alkyl halides is 3. The number of rotatable bonds is 3. The molecule has 9 nitrogen and oxygen atoms in total. The minimum Gasteiger partial charge on any atom is -0.312 e. The van der Waals surface area contributed by atoms with E-state index < -0.39 is 52.1 Å². The monoisotopic (exact) mass is 451 g/mol. The van der Waals surface area contributed by atoms with Crippen LogP contribution in [0.3, 0.4) is 0 Å². The van der Waals surface area contributed by atoms with Gasteiger partial charge in [0.1, 0.15) is 24.1 Å². The molecular weight excluding hydrogens is 438 g/mol. The van der Waals surface area contributed by atoms with Gasteiger partial charge in [0.05, 0.1) is 16.9 Å². The van der Waals surface area contributed by atoms with Gasteiger partial charge in [0.25, 0.3) is 11.5 Å². The zero-order chi connectivity index (χ0) is 23.5. The number of aromatic nitrogens is 2. The number of amides is 3. The van der Waals surface area contributed by atoms with E-state index in [1.807, 2.05) is 0 Å². The molecule has 0 bridgehead atoms. The Labute approximate surface area is 176 Å². The van der Waals surface area contributed by atoms with E-state index in [-0.39, 0.29) is 33.5 Å². The largest absolute Gasteiger partial charge is 0.431 e. The number of halogens is 4. The lowest BCUT2D eigenvalue weighted by atomic mass is 10.1. The SMILES string of the molecule is Cn1c(C(F)(F)F)cc(=O)n(-c2cc(N3C(=O)CN(C4CC4)C3=O)c(C#N)cc2F)c1=O. The minimum atomic E-state index is -5.01. The normalized spacial score (nSPS) is 16.6. The Morgan fingerprint density at radius 3 is 2.28 bits per heavy atom. The molecule has 0 radical (unpaired) electrons. The Kier molecular flexibility index (Phi) is 4.69. The van der Waals surface area contributed by atoms with Crippen molar-refractivity contribution in [2.75, 3.05) is 11.4 Å². The molecule has 1 saturated heterocycles. The van der Waals surface area contributed by atoms with E-state index in [0.29, 0.717) is 23.8 Å². The van der Waals surface area contributed by atoms with Gasteiger partial charge < -0.3 is 4.90 Å². The van der Waals surface area contributed by atoms with Gasteiger partial charge in [0, 0.05) is 19.2 Å². The molecule has 2 aromatic rings. The molecule has 0 unspecified atom stereocenters. The highest BCUT2D eigenvalue weighted by molar-refractivity contribution is 6.20. The quantitative estimate of drug-likeness (QED) is 0.519. The first kappa shape index (κ1) is 21.3. The number of anilines is 1. The molecule has 1 aromatic carbocycles. The second kappa shape index (κ2) is 7.04. The van der Waals surface area contributed by atoms with Crippen molar-refractivity contribution in [2.24, 2.45) is 7.05 Å². The number of carbonyl (C=O) groups excluding carboxylic acids is 2. The summed E-state index contributed by atoms with van der Waals surface area (Å²) < 4.78 is 54.2. The number of hydrogen-bond donors (Lipinski definition) is 0. The molecule has 13 heteroatoms. The molecule has 1 aliphatic carbocycles. The lowest BCUT2D eigenvalue weighted by Crippen LogP contribution is -2.41. The van der Waals surface area contributed by atoms with Gasteiger partial charge in [-0.3, -0.25) is 14.2 Å². The summed E-state index contributed by atoms with van der Waals surface area (Å²) >= 11 is 0. The van der Waals surface area contributed by atoms with Crippen molar-refractivity contribution in [3.63, 3.8) is 0 Å². The highest BCUT2D eigenvalue weighted by atomic mass is 19.4.